The minimum absolute atomic E-state index is 0.115. The Kier molecular flexibility index (Phi) is 3.61. The maximum atomic E-state index is 11.5. The molecule has 1 saturated heterocycles. The fraction of sp³-hybridized carbons (Fsp3) is 0.556. The second-order valence-corrected chi connectivity index (χ2v) is 7.34. The van der Waals surface area contributed by atoms with E-state index in [1.54, 1.807) is 0 Å². The summed E-state index contributed by atoms with van der Waals surface area (Å²) in [5.41, 5.74) is 0. The molecule has 0 saturated carbocycles. The summed E-state index contributed by atoms with van der Waals surface area (Å²) in [5.74, 6) is 0.930. The summed E-state index contributed by atoms with van der Waals surface area (Å²) in [5, 5.41) is 0.329. The fourth-order valence-electron chi connectivity index (χ4n) is 1.85. The Bertz CT molecular complexity index is 537. The van der Waals surface area contributed by atoms with Crippen molar-refractivity contribution < 1.29 is 8.42 Å². The average molecular weight is 341 g/mol. The molecule has 1 aromatic heterocycles. The Hall–Kier alpha value is -0.400. The van der Waals surface area contributed by atoms with E-state index in [4.69, 9.17) is 11.6 Å². The Morgan fingerprint density at radius 2 is 2.24 bits per heavy atom. The lowest BCUT2D eigenvalue weighted by molar-refractivity contribution is 0.566. The highest BCUT2D eigenvalue weighted by atomic mass is 79.9. The molecule has 0 N–H and O–H groups in total. The van der Waals surface area contributed by atoms with Gasteiger partial charge in [0, 0.05) is 12.6 Å². The monoisotopic (exact) mass is 339 g/mol. The van der Waals surface area contributed by atoms with E-state index in [1.807, 2.05) is 11.8 Å². The second kappa shape index (κ2) is 4.70. The molecule has 2 rings (SSSR count). The first-order valence-electron chi connectivity index (χ1n) is 5.04. The van der Waals surface area contributed by atoms with Crippen molar-refractivity contribution in [1.82, 2.24) is 9.97 Å². The van der Waals surface area contributed by atoms with Crippen LogP contribution in [0.25, 0.3) is 0 Å². The maximum Gasteiger partial charge on any atom is 0.154 e. The van der Waals surface area contributed by atoms with Crippen LogP contribution in [-0.2, 0) is 9.84 Å². The van der Waals surface area contributed by atoms with E-state index in [0.29, 0.717) is 22.0 Å². The van der Waals surface area contributed by atoms with Crippen molar-refractivity contribution in [1.29, 1.82) is 0 Å². The van der Waals surface area contributed by atoms with Gasteiger partial charge in [-0.1, -0.05) is 11.6 Å². The third-order valence-electron chi connectivity index (χ3n) is 2.67. The SMILES string of the molecule is CC1CS(=O)(=O)CCN1c1ncnc(Cl)c1Br. The summed E-state index contributed by atoms with van der Waals surface area (Å²) in [6.45, 7) is 2.29. The van der Waals surface area contributed by atoms with E-state index in [2.05, 4.69) is 25.9 Å². The van der Waals surface area contributed by atoms with Crippen LogP contribution in [-0.4, -0.2) is 42.5 Å². The highest BCUT2D eigenvalue weighted by Gasteiger charge is 2.30. The molecular weight excluding hydrogens is 330 g/mol. The first kappa shape index (κ1) is 13.0. The predicted octanol–water partition coefficient (Wildman–Crippen LogP) is 1.52. The number of anilines is 1. The highest BCUT2D eigenvalue weighted by Crippen LogP contribution is 2.31. The molecule has 2 heterocycles. The molecule has 0 aliphatic carbocycles. The highest BCUT2D eigenvalue weighted by molar-refractivity contribution is 9.10. The molecule has 17 heavy (non-hydrogen) atoms. The van der Waals surface area contributed by atoms with Gasteiger partial charge in [0.2, 0.25) is 0 Å². The third-order valence-corrected chi connectivity index (χ3v) is 5.71. The Balaban J connectivity index is 2.33. The molecule has 0 amide bonds. The van der Waals surface area contributed by atoms with E-state index in [1.165, 1.54) is 6.33 Å². The summed E-state index contributed by atoms with van der Waals surface area (Å²) in [4.78, 5) is 9.93. The molecule has 0 aromatic carbocycles. The zero-order chi connectivity index (χ0) is 12.6. The lowest BCUT2D eigenvalue weighted by atomic mass is 10.3. The van der Waals surface area contributed by atoms with Crippen LogP contribution in [0.5, 0.6) is 0 Å². The van der Waals surface area contributed by atoms with Crippen molar-refractivity contribution in [3.63, 3.8) is 0 Å². The second-order valence-electron chi connectivity index (χ2n) is 3.96. The van der Waals surface area contributed by atoms with Crippen LogP contribution in [0, 0.1) is 0 Å². The molecule has 8 heteroatoms. The minimum Gasteiger partial charge on any atom is -0.351 e. The maximum absolute atomic E-state index is 11.5. The van der Waals surface area contributed by atoms with Crippen LogP contribution in [0.1, 0.15) is 6.92 Å². The normalized spacial score (nSPS) is 23.7. The molecule has 1 atom stereocenters. The first-order valence-corrected chi connectivity index (χ1v) is 8.03. The predicted molar refractivity (Wildman–Crippen MR) is 70.2 cm³/mol. The van der Waals surface area contributed by atoms with Crippen LogP contribution in [0.3, 0.4) is 0 Å². The fourth-order valence-corrected chi connectivity index (χ4v) is 3.97. The van der Waals surface area contributed by atoms with E-state index in [0.717, 1.165) is 0 Å². The summed E-state index contributed by atoms with van der Waals surface area (Å²) in [6.07, 6.45) is 1.37. The molecule has 1 unspecified atom stereocenters. The van der Waals surface area contributed by atoms with Crippen molar-refractivity contribution in [2.45, 2.75) is 13.0 Å². The number of halogens is 2. The molecule has 1 aliphatic rings. The molecule has 0 spiro atoms. The summed E-state index contributed by atoms with van der Waals surface area (Å²) in [7, 11) is -2.93. The van der Waals surface area contributed by atoms with Crippen molar-refractivity contribution in [2.75, 3.05) is 23.0 Å². The molecule has 1 aliphatic heterocycles. The number of hydrogen-bond acceptors (Lipinski definition) is 5. The number of nitrogens with zero attached hydrogens (tertiary/aromatic N) is 3. The van der Waals surface area contributed by atoms with Gasteiger partial charge >= 0.3 is 0 Å². The van der Waals surface area contributed by atoms with Crippen LogP contribution in [0.15, 0.2) is 10.8 Å². The van der Waals surface area contributed by atoms with Crippen LogP contribution < -0.4 is 4.90 Å². The standard InChI is InChI=1S/C9H11BrClN3O2S/c1-6-4-17(15,16)3-2-14(6)9-7(10)8(11)12-5-13-9/h5-6H,2-4H2,1H3. The minimum atomic E-state index is -2.93. The number of sulfone groups is 1. The van der Waals surface area contributed by atoms with Crippen LogP contribution in [0.2, 0.25) is 5.15 Å². The summed E-state index contributed by atoms with van der Waals surface area (Å²) >= 11 is 9.22. The summed E-state index contributed by atoms with van der Waals surface area (Å²) < 4.78 is 23.6. The lowest BCUT2D eigenvalue weighted by Gasteiger charge is -2.34. The molecule has 1 aromatic rings. The molecule has 94 valence electrons. The quantitative estimate of drug-likeness (QED) is 0.725. The van der Waals surface area contributed by atoms with Gasteiger partial charge in [-0.3, -0.25) is 0 Å². The Morgan fingerprint density at radius 1 is 1.53 bits per heavy atom. The van der Waals surface area contributed by atoms with E-state index < -0.39 is 9.84 Å². The topological polar surface area (TPSA) is 63.2 Å². The van der Waals surface area contributed by atoms with Gasteiger partial charge in [0.25, 0.3) is 0 Å². The number of rotatable bonds is 1. The van der Waals surface area contributed by atoms with Crippen molar-refractivity contribution in [3.05, 3.63) is 16.0 Å². The Morgan fingerprint density at radius 3 is 2.88 bits per heavy atom. The van der Waals surface area contributed by atoms with E-state index >= 15 is 0 Å². The Labute approximate surface area is 113 Å². The van der Waals surface area contributed by atoms with Crippen LogP contribution in [0.4, 0.5) is 5.82 Å². The van der Waals surface area contributed by atoms with Crippen molar-refractivity contribution >= 4 is 43.2 Å². The first-order chi connectivity index (χ1) is 7.91. The van der Waals surface area contributed by atoms with Gasteiger partial charge in [0.05, 0.1) is 16.0 Å². The molecule has 5 nitrogen and oxygen atoms in total. The van der Waals surface area contributed by atoms with Crippen LogP contribution >= 0.6 is 27.5 Å². The van der Waals surface area contributed by atoms with Gasteiger partial charge in [0.15, 0.2) is 9.84 Å². The lowest BCUT2D eigenvalue weighted by Crippen LogP contribution is -2.47. The van der Waals surface area contributed by atoms with Crippen molar-refractivity contribution in [2.24, 2.45) is 0 Å². The van der Waals surface area contributed by atoms with Crippen molar-refractivity contribution in [3.8, 4) is 0 Å². The molecular formula is C9H11BrClN3O2S. The molecule has 0 radical (unpaired) electrons. The van der Waals surface area contributed by atoms with Gasteiger partial charge < -0.3 is 4.90 Å². The number of aromatic nitrogens is 2. The van der Waals surface area contributed by atoms with Gasteiger partial charge in [-0.15, -0.1) is 0 Å². The van der Waals surface area contributed by atoms with Gasteiger partial charge in [-0.25, -0.2) is 18.4 Å². The number of hydrogen-bond donors (Lipinski definition) is 0. The van der Waals surface area contributed by atoms with Gasteiger partial charge in [-0.05, 0) is 22.9 Å². The zero-order valence-corrected chi connectivity index (χ0v) is 12.3. The average Bonchev–Trinajstić information content (AvgIpc) is 2.22. The largest absolute Gasteiger partial charge is 0.351 e. The molecule has 1 fully saturated rings. The van der Waals surface area contributed by atoms with E-state index in [-0.39, 0.29) is 17.5 Å². The van der Waals surface area contributed by atoms with Gasteiger partial charge in [-0.2, -0.15) is 0 Å². The van der Waals surface area contributed by atoms with E-state index in [9.17, 15) is 8.42 Å². The van der Waals surface area contributed by atoms with Gasteiger partial charge in [0.1, 0.15) is 17.3 Å². The summed E-state index contributed by atoms with van der Waals surface area (Å²) in [6, 6.07) is -0.115. The zero-order valence-electron chi connectivity index (χ0n) is 9.10. The smallest absolute Gasteiger partial charge is 0.154 e. The third kappa shape index (κ3) is 2.71. The molecule has 0 bridgehead atoms.